The maximum Gasteiger partial charge on any atom is 0.140 e. The maximum absolute atomic E-state index is 6.28. The molecule has 0 radical (unpaired) electrons. The van der Waals surface area contributed by atoms with Gasteiger partial charge in [-0.3, -0.25) is 0 Å². The topological polar surface area (TPSA) is 46.2 Å². The van der Waals surface area contributed by atoms with Crippen LogP contribution in [-0.2, 0) is 6.54 Å². The van der Waals surface area contributed by atoms with Crippen molar-refractivity contribution in [3.63, 3.8) is 0 Å². The second-order valence-electron chi connectivity index (χ2n) is 7.68. The number of fused-ring (bicyclic) bond motifs is 6. The van der Waals surface area contributed by atoms with Crippen molar-refractivity contribution in [3.05, 3.63) is 95.6 Å². The average molecular weight is 426 g/mol. The Bertz CT molecular complexity index is 1230. The minimum absolute atomic E-state index is 0.730. The highest BCUT2D eigenvalue weighted by Gasteiger charge is 2.12. The lowest BCUT2D eigenvalue weighted by atomic mass is 9.99. The van der Waals surface area contributed by atoms with Crippen molar-refractivity contribution in [1.29, 1.82) is 0 Å². The van der Waals surface area contributed by atoms with Crippen LogP contribution in [-0.4, -0.2) is 4.98 Å². The van der Waals surface area contributed by atoms with Crippen LogP contribution in [0.2, 0.25) is 0 Å². The van der Waals surface area contributed by atoms with Crippen LogP contribution >= 0.6 is 11.9 Å². The molecule has 1 aliphatic rings. The molecule has 0 unspecified atom stereocenters. The van der Waals surface area contributed by atoms with E-state index in [1.54, 1.807) is 11.9 Å². The lowest BCUT2D eigenvalue weighted by molar-refractivity contribution is 0.482. The molecule has 0 atom stereocenters. The fraction of sp³-hybridized carbons (Fsp3) is 0.115. The Balaban J connectivity index is 1.62. The quantitative estimate of drug-likeness (QED) is 0.316. The number of benzene rings is 3. The first-order chi connectivity index (χ1) is 15.1. The summed E-state index contributed by atoms with van der Waals surface area (Å²) in [6.07, 6.45) is 0. The van der Waals surface area contributed by atoms with E-state index in [-0.39, 0.29) is 0 Å². The first kappa shape index (κ1) is 19.5. The van der Waals surface area contributed by atoms with E-state index < -0.39 is 0 Å². The van der Waals surface area contributed by atoms with E-state index in [0.717, 1.165) is 51.3 Å². The van der Waals surface area contributed by atoms with E-state index in [0.29, 0.717) is 0 Å². The standard InChI is InChI=1S/C26H23N3OS/c1-17-6-3-7-18(2)26(17)24-14-22-15-25(28-24)29-31-23-11-5-9-20(13-23)27-16-19-8-4-10-21(12-19)30-22/h3-15,27H,16H2,1-2H3,(H,28,29). The lowest BCUT2D eigenvalue weighted by Gasteiger charge is -2.16. The smallest absolute Gasteiger partial charge is 0.140 e. The van der Waals surface area contributed by atoms with Crippen LogP contribution in [0.25, 0.3) is 11.3 Å². The summed E-state index contributed by atoms with van der Waals surface area (Å²) >= 11 is 1.54. The van der Waals surface area contributed by atoms with Gasteiger partial charge in [-0.15, -0.1) is 0 Å². The number of anilines is 2. The van der Waals surface area contributed by atoms with E-state index >= 15 is 0 Å². The molecule has 154 valence electrons. The van der Waals surface area contributed by atoms with Gasteiger partial charge in [0, 0.05) is 34.8 Å². The summed E-state index contributed by atoms with van der Waals surface area (Å²) in [5, 5.41) is 3.49. The monoisotopic (exact) mass is 425 g/mol. The molecular formula is C26H23N3OS. The first-order valence-electron chi connectivity index (χ1n) is 10.3. The van der Waals surface area contributed by atoms with Crippen molar-refractivity contribution in [2.45, 2.75) is 25.3 Å². The molecule has 0 saturated heterocycles. The molecule has 0 fully saturated rings. The van der Waals surface area contributed by atoms with Gasteiger partial charge in [-0.25, -0.2) is 4.98 Å². The van der Waals surface area contributed by atoms with Gasteiger partial charge in [0.15, 0.2) is 0 Å². The molecule has 5 heteroatoms. The van der Waals surface area contributed by atoms with E-state index in [4.69, 9.17) is 9.72 Å². The number of hydrogen-bond acceptors (Lipinski definition) is 5. The highest BCUT2D eigenvalue weighted by molar-refractivity contribution is 8.00. The zero-order chi connectivity index (χ0) is 21.2. The molecule has 0 amide bonds. The number of ether oxygens (including phenoxy) is 1. The van der Waals surface area contributed by atoms with Gasteiger partial charge in [0.1, 0.15) is 17.3 Å². The van der Waals surface area contributed by atoms with Crippen LogP contribution in [0.15, 0.2) is 83.8 Å². The Labute approximate surface area is 186 Å². The third-order valence-corrected chi connectivity index (χ3v) is 6.08. The largest absolute Gasteiger partial charge is 0.457 e. The molecule has 6 bridgehead atoms. The molecule has 1 aromatic heterocycles. The summed E-state index contributed by atoms with van der Waals surface area (Å²) in [6.45, 7) is 4.97. The van der Waals surface area contributed by atoms with E-state index in [1.807, 2.05) is 24.3 Å². The Morgan fingerprint density at radius 1 is 0.839 bits per heavy atom. The molecule has 1 aliphatic heterocycles. The highest BCUT2D eigenvalue weighted by Crippen LogP contribution is 2.34. The van der Waals surface area contributed by atoms with Crippen LogP contribution < -0.4 is 14.8 Å². The fourth-order valence-corrected chi connectivity index (χ4v) is 4.46. The Morgan fingerprint density at radius 2 is 1.65 bits per heavy atom. The molecule has 0 saturated carbocycles. The van der Waals surface area contributed by atoms with Crippen LogP contribution in [0.4, 0.5) is 11.5 Å². The predicted molar refractivity (Wildman–Crippen MR) is 129 cm³/mol. The number of nitrogens with one attached hydrogen (secondary N) is 2. The number of hydrogen-bond donors (Lipinski definition) is 2. The second-order valence-corrected chi connectivity index (χ2v) is 8.55. The number of nitrogens with zero attached hydrogens (tertiary/aromatic N) is 1. The highest BCUT2D eigenvalue weighted by atomic mass is 32.2. The average Bonchev–Trinajstić information content (AvgIpc) is 2.76. The van der Waals surface area contributed by atoms with Gasteiger partial charge in [-0.05, 0) is 72.8 Å². The maximum atomic E-state index is 6.28. The minimum Gasteiger partial charge on any atom is -0.457 e. The van der Waals surface area contributed by atoms with Crippen LogP contribution in [0.5, 0.6) is 11.5 Å². The van der Waals surface area contributed by atoms with Gasteiger partial charge in [0.05, 0.1) is 5.69 Å². The number of aromatic nitrogens is 1. The minimum atomic E-state index is 0.730. The van der Waals surface area contributed by atoms with Crippen LogP contribution in [0.3, 0.4) is 0 Å². The molecular weight excluding hydrogens is 402 g/mol. The summed E-state index contributed by atoms with van der Waals surface area (Å²) < 4.78 is 9.68. The van der Waals surface area contributed by atoms with Gasteiger partial charge < -0.3 is 14.8 Å². The molecule has 2 N–H and O–H groups in total. The van der Waals surface area contributed by atoms with Gasteiger partial charge >= 0.3 is 0 Å². The fourth-order valence-electron chi connectivity index (χ4n) is 3.80. The van der Waals surface area contributed by atoms with E-state index in [1.165, 1.54) is 11.1 Å². The van der Waals surface area contributed by atoms with Crippen molar-refractivity contribution in [1.82, 2.24) is 4.98 Å². The molecule has 0 aliphatic carbocycles. The van der Waals surface area contributed by atoms with Crippen molar-refractivity contribution in [2.24, 2.45) is 0 Å². The van der Waals surface area contributed by atoms with Crippen LogP contribution in [0, 0.1) is 13.8 Å². The van der Waals surface area contributed by atoms with Gasteiger partial charge in [0.25, 0.3) is 0 Å². The van der Waals surface area contributed by atoms with Crippen molar-refractivity contribution < 1.29 is 4.74 Å². The summed E-state index contributed by atoms with van der Waals surface area (Å²) in [5.74, 6) is 2.32. The van der Waals surface area contributed by atoms with Crippen molar-refractivity contribution in [3.8, 4) is 22.8 Å². The molecule has 4 nitrogen and oxygen atoms in total. The zero-order valence-electron chi connectivity index (χ0n) is 17.5. The lowest BCUT2D eigenvalue weighted by Crippen LogP contribution is -2.01. The predicted octanol–water partition coefficient (Wildman–Crippen LogP) is 7.20. The summed E-state index contributed by atoms with van der Waals surface area (Å²) in [7, 11) is 0. The van der Waals surface area contributed by atoms with Crippen LogP contribution in [0.1, 0.15) is 16.7 Å². The van der Waals surface area contributed by atoms with E-state index in [9.17, 15) is 0 Å². The molecule has 31 heavy (non-hydrogen) atoms. The summed E-state index contributed by atoms with van der Waals surface area (Å²) in [4.78, 5) is 6.02. The van der Waals surface area contributed by atoms with Gasteiger partial charge in [0.2, 0.25) is 0 Å². The first-order valence-corrected chi connectivity index (χ1v) is 11.1. The normalized spacial score (nSPS) is 12.7. The Hall–Kier alpha value is -3.44. The number of aryl methyl sites for hydroxylation is 2. The van der Waals surface area contributed by atoms with Crippen molar-refractivity contribution >= 4 is 23.5 Å². The van der Waals surface area contributed by atoms with Gasteiger partial charge in [-0.2, -0.15) is 0 Å². The molecule has 5 rings (SSSR count). The van der Waals surface area contributed by atoms with Crippen molar-refractivity contribution in [2.75, 3.05) is 10.0 Å². The zero-order valence-corrected chi connectivity index (χ0v) is 18.3. The summed E-state index contributed by atoms with van der Waals surface area (Å²) in [5.41, 5.74) is 6.66. The number of pyridine rings is 1. The molecule has 4 aromatic rings. The summed E-state index contributed by atoms with van der Waals surface area (Å²) in [6, 6.07) is 26.8. The van der Waals surface area contributed by atoms with Gasteiger partial charge in [-0.1, -0.05) is 36.4 Å². The molecule has 3 aromatic carbocycles. The Kier molecular flexibility index (Phi) is 5.26. The number of rotatable bonds is 1. The molecule has 0 spiro atoms. The van der Waals surface area contributed by atoms with E-state index in [2.05, 4.69) is 78.5 Å². The third kappa shape index (κ3) is 4.37. The Morgan fingerprint density at radius 3 is 2.52 bits per heavy atom. The third-order valence-electron chi connectivity index (χ3n) is 5.27. The molecule has 2 heterocycles. The second kappa shape index (κ2) is 8.36. The SMILES string of the molecule is Cc1cccc(C)c1-c1cc2cc(n1)NSc1cccc(c1)NCc1cccc(c1)O2.